The van der Waals surface area contributed by atoms with Gasteiger partial charge in [0.15, 0.2) is 9.84 Å². The molecular weight excluding hydrogens is 353 g/mol. The van der Waals surface area contributed by atoms with Crippen molar-refractivity contribution in [1.82, 2.24) is 4.90 Å². The van der Waals surface area contributed by atoms with E-state index in [1.54, 1.807) is 25.1 Å². The maximum absolute atomic E-state index is 13.9. The van der Waals surface area contributed by atoms with Gasteiger partial charge in [-0.2, -0.15) is 0 Å². The molecule has 1 amide bonds. The number of sulfone groups is 1. The Kier molecular flexibility index (Phi) is 6.91. The Balaban J connectivity index is 1.91. The SMILES string of the molecule is CC(c1ccccc1F)N(C)C(=O)CS(=O)(=O)CCCc1ccccc1. The zero-order valence-electron chi connectivity index (χ0n) is 15.1. The van der Waals surface area contributed by atoms with Crippen LogP contribution in [0.1, 0.15) is 30.5 Å². The number of hydrogen-bond acceptors (Lipinski definition) is 3. The molecule has 1 atom stereocenters. The number of amides is 1. The van der Waals surface area contributed by atoms with Crippen LogP contribution in [0.4, 0.5) is 4.39 Å². The quantitative estimate of drug-likeness (QED) is 0.709. The lowest BCUT2D eigenvalue weighted by molar-refractivity contribution is -0.129. The highest BCUT2D eigenvalue weighted by molar-refractivity contribution is 7.92. The minimum Gasteiger partial charge on any atom is -0.338 e. The highest BCUT2D eigenvalue weighted by atomic mass is 32.2. The fourth-order valence-corrected chi connectivity index (χ4v) is 4.05. The fourth-order valence-electron chi connectivity index (χ4n) is 2.74. The topological polar surface area (TPSA) is 54.5 Å². The predicted octanol–water partition coefficient (Wildman–Crippen LogP) is 3.39. The molecule has 1 unspecified atom stereocenters. The molecule has 0 spiro atoms. The molecule has 0 aliphatic carbocycles. The Bertz CT molecular complexity index is 837. The molecule has 0 N–H and O–H groups in total. The van der Waals surface area contributed by atoms with E-state index in [9.17, 15) is 17.6 Å². The smallest absolute Gasteiger partial charge is 0.238 e. The number of hydrogen-bond donors (Lipinski definition) is 0. The van der Waals surface area contributed by atoms with Gasteiger partial charge in [0.2, 0.25) is 5.91 Å². The summed E-state index contributed by atoms with van der Waals surface area (Å²) >= 11 is 0. The van der Waals surface area contributed by atoms with Crippen molar-refractivity contribution in [2.45, 2.75) is 25.8 Å². The second kappa shape index (κ2) is 8.94. The molecule has 0 fully saturated rings. The van der Waals surface area contributed by atoms with Crippen LogP contribution in [-0.2, 0) is 21.1 Å². The zero-order chi connectivity index (χ0) is 19.2. The van der Waals surface area contributed by atoms with Crippen LogP contribution in [-0.4, -0.2) is 37.8 Å². The monoisotopic (exact) mass is 377 g/mol. The van der Waals surface area contributed by atoms with Gasteiger partial charge in [0.25, 0.3) is 0 Å². The first kappa shape index (κ1) is 20.1. The maximum Gasteiger partial charge on any atom is 0.238 e. The Morgan fingerprint density at radius 1 is 1.08 bits per heavy atom. The van der Waals surface area contributed by atoms with E-state index in [1.807, 2.05) is 30.3 Å². The van der Waals surface area contributed by atoms with Crippen LogP contribution in [0.15, 0.2) is 54.6 Å². The molecule has 4 nitrogen and oxygen atoms in total. The van der Waals surface area contributed by atoms with E-state index in [0.29, 0.717) is 18.4 Å². The maximum atomic E-state index is 13.9. The first-order valence-corrected chi connectivity index (χ1v) is 10.4. The molecule has 26 heavy (non-hydrogen) atoms. The van der Waals surface area contributed by atoms with Gasteiger partial charge in [-0.3, -0.25) is 4.79 Å². The standard InChI is InChI=1S/C20H24FNO3S/c1-16(18-12-6-7-13-19(18)21)22(2)20(23)15-26(24,25)14-8-11-17-9-4-3-5-10-17/h3-7,9-10,12-13,16H,8,11,14-15H2,1-2H3. The number of aryl methyl sites for hydroxylation is 1. The number of carbonyl (C=O) groups excluding carboxylic acids is 1. The summed E-state index contributed by atoms with van der Waals surface area (Å²) in [6, 6.07) is 15.3. The molecular formula is C20H24FNO3S. The van der Waals surface area contributed by atoms with Gasteiger partial charge in [0.1, 0.15) is 11.6 Å². The van der Waals surface area contributed by atoms with Crippen molar-refractivity contribution < 1.29 is 17.6 Å². The summed E-state index contributed by atoms with van der Waals surface area (Å²) in [5, 5.41) is 0. The summed E-state index contributed by atoms with van der Waals surface area (Å²) in [6.45, 7) is 1.68. The number of benzene rings is 2. The molecule has 0 radical (unpaired) electrons. The Hall–Kier alpha value is -2.21. The largest absolute Gasteiger partial charge is 0.338 e. The van der Waals surface area contributed by atoms with Gasteiger partial charge >= 0.3 is 0 Å². The molecule has 6 heteroatoms. The molecule has 0 bridgehead atoms. The van der Waals surface area contributed by atoms with Crippen LogP contribution >= 0.6 is 0 Å². The predicted molar refractivity (Wildman–Crippen MR) is 101 cm³/mol. The van der Waals surface area contributed by atoms with Crippen LogP contribution in [0.2, 0.25) is 0 Å². The first-order valence-electron chi connectivity index (χ1n) is 8.54. The first-order chi connectivity index (χ1) is 12.3. The van der Waals surface area contributed by atoms with Gasteiger partial charge in [-0.25, -0.2) is 12.8 Å². The summed E-state index contributed by atoms with van der Waals surface area (Å²) in [7, 11) is -2.01. The zero-order valence-corrected chi connectivity index (χ0v) is 15.9. The van der Waals surface area contributed by atoms with E-state index in [4.69, 9.17) is 0 Å². The van der Waals surface area contributed by atoms with Gasteiger partial charge in [0.05, 0.1) is 11.8 Å². The lowest BCUT2D eigenvalue weighted by atomic mass is 10.1. The third-order valence-corrected chi connectivity index (χ3v) is 6.03. The van der Waals surface area contributed by atoms with Crippen molar-refractivity contribution in [3.63, 3.8) is 0 Å². The highest BCUT2D eigenvalue weighted by Crippen LogP contribution is 2.21. The summed E-state index contributed by atoms with van der Waals surface area (Å²) in [5.74, 6) is -1.54. The van der Waals surface area contributed by atoms with E-state index >= 15 is 0 Å². The number of carbonyl (C=O) groups is 1. The van der Waals surface area contributed by atoms with E-state index < -0.39 is 33.4 Å². The molecule has 0 heterocycles. The fraction of sp³-hybridized carbons (Fsp3) is 0.350. The number of nitrogens with zero attached hydrogens (tertiary/aromatic N) is 1. The van der Waals surface area contributed by atoms with Gasteiger partial charge in [0, 0.05) is 12.6 Å². The van der Waals surface area contributed by atoms with Gasteiger partial charge in [-0.1, -0.05) is 48.5 Å². The average molecular weight is 377 g/mol. The van der Waals surface area contributed by atoms with Crippen molar-refractivity contribution in [2.24, 2.45) is 0 Å². The van der Waals surface area contributed by atoms with Crippen LogP contribution in [0, 0.1) is 5.82 Å². The second-order valence-corrected chi connectivity index (χ2v) is 8.57. The summed E-state index contributed by atoms with van der Waals surface area (Å²) < 4.78 is 38.4. The summed E-state index contributed by atoms with van der Waals surface area (Å²) in [4.78, 5) is 13.6. The van der Waals surface area contributed by atoms with Crippen molar-refractivity contribution in [3.8, 4) is 0 Å². The number of halogens is 1. The molecule has 140 valence electrons. The van der Waals surface area contributed by atoms with Crippen molar-refractivity contribution in [3.05, 3.63) is 71.5 Å². The van der Waals surface area contributed by atoms with E-state index in [1.165, 1.54) is 18.0 Å². The minimum atomic E-state index is -3.51. The van der Waals surface area contributed by atoms with Gasteiger partial charge in [-0.15, -0.1) is 0 Å². The Morgan fingerprint density at radius 3 is 2.35 bits per heavy atom. The second-order valence-electron chi connectivity index (χ2n) is 6.38. The lowest BCUT2D eigenvalue weighted by Gasteiger charge is -2.25. The van der Waals surface area contributed by atoms with Crippen molar-refractivity contribution in [2.75, 3.05) is 18.6 Å². The lowest BCUT2D eigenvalue weighted by Crippen LogP contribution is -2.35. The van der Waals surface area contributed by atoms with Crippen LogP contribution in [0.25, 0.3) is 0 Å². The molecule has 2 aromatic carbocycles. The van der Waals surface area contributed by atoms with E-state index in [-0.39, 0.29) is 5.75 Å². The van der Waals surface area contributed by atoms with Crippen LogP contribution in [0.5, 0.6) is 0 Å². The summed E-state index contributed by atoms with van der Waals surface area (Å²) in [5.41, 5.74) is 1.43. The third-order valence-electron chi connectivity index (χ3n) is 4.44. The molecule has 2 aromatic rings. The van der Waals surface area contributed by atoms with Crippen molar-refractivity contribution in [1.29, 1.82) is 0 Å². The van der Waals surface area contributed by atoms with E-state index in [0.717, 1.165) is 5.56 Å². The molecule has 0 aliphatic heterocycles. The molecule has 0 aromatic heterocycles. The average Bonchev–Trinajstić information content (AvgIpc) is 2.61. The summed E-state index contributed by atoms with van der Waals surface area (Å²) in [6.07, 6.45) is 1.11. The minimum absolute atomic E-state index is 0.0461. The molecule has 0 aliphatic rings. The molecule has 0 saturated heterocycles. The van der Waals surface area contributed by atoms with Crippen molar-refractivity contribution >= 4 is 15.7 Å². The molecule has 0 saturated carbocycles. The van der Waals surface area contributed by atoms with E-state index in [2.05, 4.69) is 0 Å². The Morgan fingerprint density at radius 2 is 1.69 bits per heavy atom. The van der Waals surface area contributed by atoms with Gasteiger partial charge < -0.3 is 4.90 Å². The molecule has 2 rings (SSSR count). The normalized spacial score (nSPS) is 12.6. The van der Waals surface area contributed by atoms with Crippen LogP contribution < -0.4 is 0 Å². The number of rotatable bonds is 8. The highest BCUT2D eigenvalue weighted by Gasteiger charge is 2.24. The Labute approximate surface area is 154 Å². The van der Waals surface area contributed by atoms with Gasteiger partial charge in [-0.05, 0) is 31.4 Å². The third kappa shape index (κ3) is 5.66. The van der Waals surface area contributed by atoms with Crippen LogP contribution in [0.3, 0.4) is 0 Å².